The van der Waals surface area contributed by atoms with Crippen LogP contribution in [0.3, 0.4) is 0 Å². The first-order valence-electron chi connectivity index (χ1n) is 7.93. The number of sulfonamides is 1. The Morgan fingerprint density at radius 3 is 2.61 bits per heavy atom. The molecule has 0 fully saturated rings. The maximum Gasteiger partial charge on any atom is 0.252 e. The molecule has 0 spiro atoms. The fourth-order valence-corrected chi connectivity index (χ4v) is 5.56. The van der Waals surface area contributed by atoms with Crippen molar-refractivity contribution in [2.45, 2.75) is 10.6 Å². The van der Waals surface area contributed by atoms with Crippen molar-refractivity contribution in [1.82, 2.24) is 9.29 Å². The van der Waals surface area contributed by atoms with Crippen LogP contribution < -0.4 is 5.32 Å². The molecule has 1 N–H and O–H groups in total. The highest BCUT2D eigenvalue weighted by Crippen LogP contribution is 2.23. The van der Waals surface area contributed by atoms with Gasteiger partial charge in [0.05, 0.1) is 6.54 Å². The molecule has 0 radical (unpaired) electrons. The minimum Gasteiger partial charge on any atom is -0.301 e. The van der Waals surface area contributed by atoms with E-state index < -0.39 is 27.6 Å². The van der Waals surface area contributed by atoms with Gasteiger partial charge in [-0.05, 0) is 29.1 Å². The number of nitrogens with one attached hydrogen (secondary N) is 1. The third-order valence-corrected chi connectivity index (χ3v) is 7.72. The zero-order chi connectivity index (χ0) is 20.3. The van der Waals surface area contributed by atoms with Crippen molar-refractivity contribution >= 4 is 43.7 Å². The molecule has 3 aromatic rings. The fraction of sp³-hybridized carbons (Fsp3) is 0.176. The van der Waals surface area contributed by atoms with E-state index in [1.807, 2.05) is 0 Å². The maximum atomic E-state index is 13.3. The lowest BCUT2D eigenvalue weighted by Gasteiger charge is -2.14. The molecule has 0 saturated heterocycles. The number of hydrogen-bond donors (Lipinski definition) is 1. The lowest BCUT2D eigenvalue weighted by atomic mass is 10.1. The molecule has 1 aromatic carbocycles. The molecular formula is C17H15F2N3O3S3. The van der Waals surface area contributed by atoms with E-state index >= 15 is 0 Å². The van der Waals surface area contributed by atoms with Crippen LogP contribution in [-0.2, 0) is 21.2 Å². The number of carbonyl (C=O) groups is 1. The number of aromatic nitrogens is 1. The molecule has 28 heavy (non-hydrogen) atoms. The van der Waals surface area contributed by atoms with Crippen molar-refractivity contribution in [2.75, 3.05) is 18.9 Å². The van der Waals surface area contributed by atoms with Crippen molar-refractivity contribution in [2.24, 2.45) is 0 Å². The van der Waals surface area contributed by atoms with Gasteiger partial charge in [0.25, 0.3) is 10.0 Å². The molecule has 0 unspecified atom stereocenters. The van der Waals surface area contributed by atoms with Crippen LogP contribution in [0.4, 0.5) is 13.9 Å². The van der Waals surface area contributed by atoms with Crippen LogP contribution in [0.1, 0.15) is 10.4 Å². The number of benzene rings is 1. The van der Waals surface area contributed by atoms with Gasteiger partial charge in [0.1, 0.15) is 15.8 Å². The number of rotatable bonds is 7. The monoisotopic (exact) mass is 443 g/mol. The second-order valence-corrected chi connectivity index (χ2v) is 10.2. The zero-order valence-electron chi connectivity index (χ0n) is 14.6. The molecular weight excluding hydrogens is 428 g/mol. The number of amides is 1. The standard InChI is InChI=1S/C17H15F2N3O3S3/c1-22(28(24,25)16-3-2-4-26-16)10-15(23)21-17-20-9-14(27-17)7-11-5-12(18)8-13(19)6-11/h2-6,8-9H,7,10H2,1H3,(H,20,21,23). The largest absolute Gasteiger partial charge is 0.301 e. The summed E-state index contributed by atoms with van der Waals surface area (Å²) in [6.45, 7) is -0.371. The number of thiazole rings is 1. The third-order valence-electron chi connectivity index (χ3n) is 3.63. The van der Waals surface area contributed by atoms with Gasteiger partial charge in [0.15, 0.2) is 5.13 Å². The fourth-order valence-electron chi connectivity index (χ4n) is 2.37. The number of likely N-dealkylation sites (N-methyl/N-ethyl adjacent to an activating group) is 1. The Balaban J connectivity index is 1.61. The highest BCUT2D eigenvalue weighted by atomic mass is 32.2. The van der Waals surface area contributed by atoms with Gasteiger partial charge in [-0.3, -0.25) is 4.79 Å². The Labute approximate surface area is 168 Å². The lowest BCUT2D eigenvalue weighted by molar-refractivity contribution is -0.116. The maximum absolute atomic E-state index is 13.3. The first kappa shape index (κ1) is 20.5. The smallest absolute Gasteiger partial charge is 0.252 e. The van der Waals surface area contributed by atoms with Gasteiger partial charge in [-0.25, -0.2) is 22.2 Å². The summed E-state index contributed by atoms with van der Waals surface area (Å²) in [5.41, 5.74) is 0.445. The number of halogens is 2. The molecule has 3 rings (SSSR count). The summed E-state index contributed by atoms with van der Waals surface area (Å²) >= 11 is 2.22. The first-order valence-corrected chi connectivity index (χ1v) is 11.1. The summed E-state index contributed by atoms with van der Waals surface area (Å²) in [5.74, 6) is -1.87. The molecule has 148 valence electrons. The molecule has 2 heterocycles. The van der Waals surface area contributed by atoms with Gasteiger partial charge < -0.3 is 5.32 Å². The number of anilines is 1. The highest BCUT2D eigenvalue weighted by molar-refractivity contribution is 7.91. The Morgan fingerprint density at radius 2 is 1.96 bits per heavy atom. The molecule has 0 aliphatic rings. The Bertz CT molecular complexity index is 1060. The van der Waals surface area contributed by atoms with Crippen molar-refractivity contribution in [3.05, 3.63) is 64.0 Å². The molecule has 2 aromatic heterocycles. The van der Waals surface area contributed by atoms with Gasteiger partial charge in [-0.2, -0.15) is 4.31 Å². The first-order chi connectivity index (χ1) is 13.2. The number of thiophene rings is 1. The molecule has 0 bridgehead atoms. The molecule has 0 saturated carbocycles. The van der Waals surface area contributed by atoms with Crippen LogP contribution in [0, 0.1) is 11.6 Å². The van der Waals surface area contributed by atoms with E-state index in [2.05, 4.69) is 10.3 Å². The van der Waals surface area contributed by atoms with Crippen LogP contribution in [0.2, 0.25) is 0 Å². The predicted molar refractivity (Wildman–Crippen MR) is 104 cm³/mol. The quantitative estimate of drug-likeness (QED) is 0.608. The van der Waals surface area contributed by atoms with Crippen molar-refractivity contribution < 1.29 is 22.0 Å². The van der Waals surface area contributed by atoms with E-state index in [1.54, 1.807) is 11.4 Å². The summed E-state index contributed by atoms with van der Waals surface area (Å²) in [7, 11) is -2.40. The van der Waals surface area contributed by atoms with Gasteiger partial charge in [0.2, 0.25) is 5.91 Å². The molecule has 0 aliphatic heterocycles. The normalized spacial score (nSPS) is 11.7. The average Bonchev–Trinajstić information content (AvgIpc) is 3.26. The van der Waals surface area contributed by atoms with Crippen LogP contribution in [0.5, 0.6) is 0 Å². The average molecular weight is 444 g/mol. The van der Waals surface area contributed by atoms with E-state index in [4.69, 9.17) is 0 Å². The van der Waals surface area contributed by atoms with Crippen LogP contribution in [-0.4, -0.2) is 37.2 Å². The number of carbonyl (C=O) groups excluding carboxylic acids is 1. The second-order valence-electron chi connectivity index (χ2n) is 5.83. The number of nitrogens with zero attached hydrogens (tertiary/aromatic N) is 2. The summed E-state index contributed by atoms with van der Waals surface area (Å²) in [6, 6.07) is 6.34. The minimum atomic E-state index is -3.72. The summed E-state index contributed by atoms with van der Waals surface area (Å²) < 4.78 is 52.3. The van der Waals surface area contributed by atoms with Gasteiger partial charge in [0, 0.05) is 30.6 Å². The summed E-state index contributed by atoms with van der Waals surface area (Å²) in [4.78, 5) is 16.9. The minimum absolute atomic E-state index is 0.154. The van der Waals surface area contributed by atoms with Gasteiger partial charge in [-0.15, -0.1) is 22.7 Å². The summed E-state index contributed by atoms with van der Waals surface area (Å²) in [6.07, 6.45) is 1.75. The Morgan fingerprint density at radius 1 is 1.25 bits per heavy atom. The van der Waals surface area contributed by atoms with E-state index in [1.165, 1.54) is 31.4 Å². The molecule has 0 atom stereocenters. The predicted octanol–water partition coefficient (Wildman–Crippen LogP) is 3.33. The third kappa shape index (κ3) is 4.98. The SMILES string of the molecule is CN(CC(=O)Nc1ncc(Cc2cc(F)cc(F)c2)s1)S(=O)(=O)c1cccs1. The van der Waals surface area contributed by atoms with Crippen molar-refractivity contribution in [3.8, 4) is 0 Å². The van der Waals surface area contributed by atoms with E-state index in [9.17, 15) is 22.0 Å². The molecule has 0 aliphatic carbocycles. The van der Waals surface area contributed by atoms with Crippen molar-refractivity contribution in [3.63, 3.8) is 0 Å². The summed E-state index contributed by atoms with van der Waals surface area (Å²) in [5, 5.41) is 4.45. The molecule has 1 amide bonds. The van der Waals surface area contributed by atoms with Gasteiger partial charge in [-0.1, -0.05) is 6.07 Å². The van der Waals surface area contributed by atoms with Crippen molar-refractivity contribution in [1.29, 1.82) is 0 Å². The topological polar surface area (TPSA) is 79.4 Å². The van der Waals surface area contributed by atoms with Crippen LogP contribution >= 0.6 is 22.7 Å². The number of hydrogen-bond acceptors (Lipinski definition) is 6. The van der Waals surface area contributed by atoms with E-state index in [0.717, 1.165) is 33.0 Å². The molecule has 6 nitrogen and oxygen atoms in total. The highest BCUT2D eigenvalue weighted by Gasteiger charge is 2.24. The van der Waals surface area contributed by atoms with Gasteiger partial charge >= 0.3 is 0 Å². The lowest BCUT2D eigenvalue weighted by Crippen LogP contribution is -2.34. The Hall–Kier alpha value is -2.21. The van der Waals surface area contributed by atoms with E-state index in [-0.39, 0.29) is 22.3 Å². The zero-order valence-corrected chi connectivity index (χ0v) is 17.0. The van der Waals surface area contributed by atoms with Crippen LogP contribution in [0.25, 0.3) is 0 Å². The molecule has 11 heteroatoms. The van der Waals surface area contributed by atoms with Crippen LogP contribution in [0.15, 0.2) is 46.1 Å². The van der Waals surface area contributed by atoms with E-state index in [0.29, 0.717) is 10.4 Å². The second kappa shape index (κ2) is 8.43. The Kier molecular flexibility index (Phi) is 6.18.